The van der Waals surface area contributed by atoms with Crippen molar-refractivity contribution >= 4 is 16.3 Å². The topological polar surface area (TPSA) is 98.2 Å². The highest BCUT2D eigenvalue weighted by Gasteiger charge is 2.06. The lowest BCUT2D eigenvalue weighted by atomic mass is 10.4. The van der Waals surface area contributed by atoms with Gasteiger partial charge in [0, 0.05) is 6.07 Å². The lowest BCUT2D eigenvalue weighted by Gasteiger charge is -1.99. The van der Waals surface area contributed by atoms with Crippen molar-refractivity contribution < 1.29 is 5.11 Å². The molecule has 8 nitrogen and oxygen atoms in total. The number of aliphatic hydroxyl groups is 1. The fraction of sp³-hybridized carbons (Fsp3) is 0.222. The van der Waals surface area contributed by atoms with Gasteiger partial charge in [-0.1, -0.05) is 16.6 Å². The largest absolute Gasteiger partial charge is 0.390 e. The normalized spacial score (nSPS) is 11.2. The van der Waals surface area contributed by atoms with E-state index in [-0.39, 0.29) is 12.2 Å². The van der Waals surface area contributed by atoms with Gasteiger partial charge in [-0.2, -0.15) is 9.61 Å². The molecule has 0 spiro atoms. The summed E-state index contributed by atoms with van der Waals surface area (Å²) >= 11 is 1.29. The minimum absolute atomic E-state index is 0.163. The zero-order chi connectivity index (χ0) is 12.5. The van der Waals surface area contributed by atoms with E-state index in [2.05, 4.69) is 20.4 Å². The van der Waals surface area contributed by atoms with Gasteiger partial charge in [0.2, 0.25) is 4.96 Å². The van der Waals surface area contributed by atoms with Crippen molar-refractivity contribution in [1.82, 2.24) is 29.6 Å². The molecule has 9 heteroatoms. The summed E-state index contributed by atoms with van der Waals surface area (Å²) < 4.78 is 2.76. The summed E-state index contributed by atoms with van der Waals surface area (Å²) in [5, 5.41) is 20.3. The molecule has 92 valence electrons. The smallest absolute Gasteiger partial charge is 0.275 e. The van der Waals surface area contributed by atoms with Gasteiger partial charge >= 0.3 is 0 Å². The summed E-state index contributed by atoms with van der Waals surface area (Å²) in [5.41, 5.74) is 2.40. The lowest BCUT2D eigenvalue weighted by Crippen LogP contribution is -2.16. The van der Waals surface area contributed by atoms with Crippen molar-refractivity contribution in [2.24, 2.45) is 0 Å². The van der Waals surface area contributed by atoms with Crippen LogP contribution in [0.4, 0.5) is 0 Å². The van der Waals surface area contributed by atoms with Crippen molar-refractivity contribution in [3.05, 3.63) is 39.5 Å². The van der Waals surface area contributed by atoms with Gasteiger partial charge in [0.1, 0.15) is 11.2 Å². The maximum Gasteiger partial charge on any atom is 0.275 e. The Morgan fingerprint density at radius 2 is 2.28 bits per heavy atom. The van der Waals surface area contributed by atoms with Crippen LogP contribution < -0.4 is 5.56 Å². The molecule has 0 bridgehead atoms. The van der Waals surface area contributed by atoms with Gasteiger partial charge in [-0.15, -0.1) is 5.10 Å². The van der Waals surface area contributed by atoms with Gasteiger partial charge in [0.25, 0.3) is 5.56 Å². The molecule has 0 unspecified atom stereocenters. The van der Waals surface area contributed by atoms with E-state index in [1.54, 1.807) is 11.7 Å². The Labute approximate surface area is 104 Å². The van der Waals surface area contributed by atoms with Gasteiger partial charge in [-0.05, 0) is 0 Å². The molecule has 3 heterocycles. The third kappa shape index (κ3) is 1.89. The Morgan fingerprint density at radius 3 is 3.06 bits per heavy atom. The van der Waals surface area contributed by atoms with Gasteiger partial charge in [0.05, 0.1) is 25.0 Å². The van der Waals surface area contributed by atoms with Crippen LogP contribution >= 0.6 is 11.3 Å². The molecule has 0 aliphatic carbocycles. The van der Waals surface area contributed by atoms with E-state index in [9.17, 15) is 4.79 Å². The van der Waals surface area contributed by atoms with Crippen LogP contribution in [0.15, 0.2) is 22.6 Å². The highest BCUT2D eigenvalue weighted by atomic mass is 32.1. The number of nitrogens with zero attached hydrogens (tertiary/aromatic N) is 6. The first-order chi connectivity index (χ1) is 8.76. The van der Waals surface area contributed by atoms with Crippen LogP contribution in [-0.4, -0.2) is 34.7 Å². The molecule has 0 radical (unpaired) electrons. The van der Waals surface area contributed by atoms with Crippen molar-refractivity contribution in [2.45, 2.75) is 13.2 Å². The molecule has 18 heavy (non-hydrogen) atoms. The molecule has 0 aromatic carbocycles. The fourth-order valence-electron chi connectivity index (χ4n) is 1.54. The van der Waals surface area contributed by atoms with Gasteiger partial charge in [-0.3, -0.25) is 4.79 Å². The maximum absolute atomic E-state index is 11.7. The fourth-order valence-corrected chi connectivity index (χ4v) is 2.18. The molecule has 0 saturated carbocycles. The molecule has 0 aliphatic rings. The average molecular weight is 264 g/mol. The van der Waals surface area contributed by atoms with E-state index < -0.39 is 0 Å². The third-order valence-corrected chi connectivity index (χ3v) is 2.99. The Hall–Kier alpha value is -2.13. The lowest BCUT2D eigenvalue weighted by molar-refractivity contribution is 0.276. The molecular formula is C9H8N6O2S. The number of hydrogen-bond acceptors (Lipinski definition) is 7. The third-order valence-electron chi connectivity index (χ3n) is 2.31. The molecule has 0 fully saturated rings. The summed E-state index contributed by atoms with van der Waals surface area (Å²) in [5.74, 6) is 0. The zero-order valence-corrected chi connectivity index (χ0v) is 9.91. The van der Waals surface area contributed by atoms with E-state index >= 15 is 0 Å². The maximum atomic E-state index is 11.7. The van der Waals surface area contributed by atoms with Crippen LogP contribution in [0, 0.1) is 0 Å². The molecule has 1 N–H and O–H groups in total. The molecule has 0 amide bonds. The first-order valence-electron chi connectivity index (χ1n) is 5.08. The Kier molecular flexibility index (Phi) is 2.61. The van der Waals surface area contributed by atoms with Crippen molar-refractivity contribution in [3.8, 4) is 0 Å². The first-order valence-corrected chi connectivity index (χ1v) is 5.96. The summed E-state index contributed by atoms with van der Waals surface area (Å²) in [7, 11) is 0. The van der Waals surface area contributed by atoms with Crippen molar-refractivity contribution in [2.75, 3.05) is 0 Å². The second-order valence-electron chi connectivity index (χ2n) is 3.58. The predicted octanol–water partition coefficient (Wildman–Crippen LogP) is -0.717. The van der Waals surface area contributed by atoms with E-state index in [1.807, 2.05) is 0 Å². The summed E-state index contributed by atoms with van der Waals surface area (Å²) in [6, 6.07) is 1.41. The molecule has 0 saturated heterocycles. The second-order valence-corrected chi connectivity index (χ2v) is 4.40. The van der Waals surface area contributed by atoms with E-state index in [0.717, 1.165) is 0 Å². The highest BCUT2D eigenvalue weighted by molar-refractivity contribution is 7.14. The predicted molar refractivity (Wildman–Crippen MR) is 62.2 cm³/mol. The highest BCUT2D eigenvalue weighted by Crippen LogP contribution is 2.05. The monoisotopic (exact) mass is 264 g/mol. The van der Waals surface area contributed by atoms with E-state index in [0.29, 0.717) is 22.9 Å². The SMILES string of the molecule is O=c1cc(Cn2cc(CO)nn2)nc2scnn12. The van der Waals surface area contributed by atoms with E-state index in [1.165, 1.54) is 26.6 Å². The number of aromatic nitrogens is 6. The van der Waals surface area contributed by atoms with Gasteiger partial charge < -0.3 is 5.11 Å². The van der Waals surface area contributed by atoms with Gasteiger partial charge in [-0.25, -0.2) is 9.67 Å². The summed E-state index contributed by atoms with van der Waals surface area (Å²) in [6.45, 7) is 0.167. The number of hydrogen-bond donors (Lipinski definition) is 1. The van der Waals surface area contributed by atoms with Crippen LogP contribution in [0.3, 0.4) is 0 Å². The van der Waals surface area contributed by atoms with Crippen LogP contribution in [0.1, 0.15) is 11.4 Å². The molecule has 3 aromatic heterocycles. The molecule has 3 aromatic rings. The first kappa shape index (κ1) is 11.0. The standard InChI is InChI=1S/C9H8N6O2S/c16-4-7-3-14(13-12-7)2-6-1-8(17)15-9(11-6)18-5-10-15/h1,3,5,16H,2,4H2. The summed E-state index contributed by atoms with van der Waals surface area (Å²) in [4.78, 5) is 16.5. The van der Waals surface area contributed by atoms with Crippen LogP contribution in [0.2, 0.25) is 0 Å². The minimum atomic E-state index is -0.223. The van der Waals surface area contributed by atoms with Crippen LogP contribution in [0.5, 0.6) is 0 Å². The molecule has 3 rings (SSSR count). The van der Waals surface area contributed by atoms with Crippen LogP contribution in [-0.2, 0) is 13.2 Å². The Balaban J connectivity index is 1.96. The Morgan fingerprint density at radius 1 is 1.39 bits per heavy atom. The average Bonchev–Trinajstić information content (AvgIpc) is 2.97. The number of aliphatic hydroxyl groups excluding tert-OH is 1. The number of rotatable bonds is 3. The Bertz CT molecular complexity index is 745. The molecule has 0 aliphatic heterocycles. The second kappa shape index (κ2) is 4.27. The molecule has 0 atom stereocenters. The van der Waals surface area contributed by atoms with Crippen molar-refractivity contribution in [3.63, 3.8) is 0 Å². The van der Waals surface area contributed by atoms with Crippen molar-refractivity contribution in [1.29, 1.82) is 0 Å². The molecular weight excluding hydrogens is 256 g/mol. The van der Waals surface area contributed by atoms with Crippen LogP contribution in [0.25, 0.3) is 4.96 Å². The van der Waals surface area contributed by atoms with Gasteiger partial charge in [0.15, 0.2) is 0 Å². The number of fused-ring (bicyclic) bond motifs is 1. The van der Waals surface area contributed by atoms with E-state index in [4.69, 9.17) is 5.11 Å². The minimum Gasteiger partial charge on any atom is -0.390 e. The quantitative estimate of drug-likeness (QED) is 0.670. The zero-order valence-electron chi connectivity index (χ0n) is 9.09. The summed E-state index contributed by atoms with van der Waals surface area (Å²) in [6.07, 6.45) is 1.61.